The van der Waals surface area contributed by atoms with Crippen molar-refractivity contribution in [1.82, 2.24) is 10.2 Å². The Bertz CT molecular complexity index is 187. The Morgan fingerprint density at radius 2 is 2.18 bits per heavy atom. The van der Waals surface area contributed by atoms with Crippen LogP contribution in [0, 0.1) is 5.92 Å². The molecule has 2 N–H and O–H groups in total. The number of hydrogen-bond acceptors (Lipinski definition) is 3. The second-order valence-electron chi connectivity index (χ2n) is 5.72. The van der Waals surface area contributed by atoms with Gasteiger partial charge in [-0.05, 0) is 38.3 Å². The lowest BCUT2D eigenvalue weighted by Gasteiger charge is -2.29. The number of nitrogens with zero attached hydrogens (tertiary/aromatic N) is 1. The summed E-state index contributed by atoms with van der Waals surface area (Å²) in [6, 6.07) is 0.645. The van der Waals surface area contributed by atoms with Gasteiger partial charge >= 0.3 is 0 Å². The van der Waals surface area contributed by atoms with Gasteiger partial charge in [-0.1, -0.05) is 27.2 Å². The monoisotopic (exact) mass is 242 g/mol. The van der Waals surface area contributed by atoms with Crippen LogP contribution >= 0.6 is 0 Å². The Morgan fingerprint density at radius 3 is 2.71 bits per heavy atom. The summed E-state index contributed by atoms with van der Waals surface area (Å²) >= 11 is 0. The maximum absolute atomic E-state index is 10.0. The van der Waals surface area contributed by atoms with Gasteiger partial charge in [0.05, 0.1) is 6.10 Å². The highest BCUT2D eigenvalue weighted by Crippen LogP contribution is 2.10. The molecule has 1 aliphatic heterocycles. The number of nitrogens with one attached hydrogen (secondary N) is 1. The van der Waals surface area contributed by atoms with Crippen molar-refractivity contribution in [2.45, 2.75) is 58.6 Å². The number of aliphatic hydroxyl groups is 1. The lowest BCUT2D eigenvalue weighted by Crippen LogP contribution is -2.42. The van der Waals surface area contributed by atoms with E-state index in [4.69, 9.17) is 0 Å². The van der Waals surface area contributed by atoms with E-state index in [1.807, 2.05) is 0 Å². The van der Waals surface area contributed by atoms with E-state index in [2.05, 4.69) is 31.0 Å². The van der Waals surface area contributed by atoms with E-state index in [0.717, 1.165) is 19.6 Å². The molecule has 1 heterocycles. The minimum absolute atomic E-state index is 0.187. The van der Waals surface area contributed by atoms with Crippen molar-refractivity contribution in [1.29, 1.82) is 0 Å². The largest absolute Gasteiger partial charge is 0.392 e. The Morgan fingerprint density at radius 1 is 1.41 bits per heavy atom. The van der Waals surface area contributed by atoms with E-state index in [1.165, 1.54) is 32.2 Å². The average molecular weight is 242 g/mol. The van der Waals surface area contributed by atoms with Gasteiger partial charge in [0.25, 0.3) is 0 Å². The molecule has 0 amide bonds. The fourth-order valence-corrected chi connectivity index (χ4v) is 2.34. The quantitative estimate of drug-likeness (QED) is 0.682. The van der Waals surface area contributed by atoms with Crippen molar-refractivity contribution in [3.8, 4) is 0 Å². The molecule has 0 spiro atoms. The maximum Gasteiger partial charge on any atom is 0.0689 e. The van der Waals surface area contributed by atoms with Crippen LogP contribution in [0.3, 0.4) is 0 Å². The van der Waals surface area contributed by atoms with Gasteiger partial charge < -0.3 is 10.4 Å². The zero-order valence-corrected chi connectivity index (χ0v) is 11.8. The molecule has 1 rings (SSSR count). The van der Waals surface area contributed by atoms with Crippen molar-refractivity contribution in [3.63, 3.8) is 0 Å². The van der Waals surface area contributed by atoms with Crippen molar-refractivity contribution in [2.24, 2.45) is 5.92 Å². The summed E-state index contributed by atoms with van der Waals surface area (Å²) in [6.45, 7) is 10.6. The van der Waals surface area contributed by atoms with E-state index in [9.17, 15) is 5.11 Å². The van der Waals surface area contributed by atoms with E-state index in [0.29, 0.717) is 12.0 Å². The molecule has 1 aliphatic rings. The van der Waals surface area contributed by atoms with E-state index >= 15 is 0 Å². The van der Waals surface area contributed by atoms with Gasteiger partial charge in [0.2, 0.25) is 0 Å². The lowest BCUT2D eigenvalue weighted by atomic mass is 10.1. The number of aliphatic hydroxyl groups excluding tert-OH is 1. The summed E-state index contributed by atoms with van der Waals surface area (Å²) in [5.41, 5.74) is 0. The maximum atomic E-state index is 10.0. The van der Waals surface area contributed by atoms with Crippen LogP contribution in [0.5, 0.6) is 0 Å². The predicted octanol–water partition coefficient (Wildman–Crippen LogP) is 1.86. The summed E-state index contributed by atoms with van der Waals surface area (Å²) in [7, 11) is 0. The van der Waals surface area contributed by atoms with E-state index < -0.39 is 0 Å². The molecule has 17 heavy (non-hydrogen) atoms. The van der Waals surface area contributed by atoms with Crippen LogP contribution in [0.2, 0.25) is 0 Å². The predicted molar refractivity (Wildman–Crippen MR) is 73.2 cm³/mol. The topological polar surface area (TPSA) is 35.5 Å². The first-order valence-electron chi connectivity index (χ1n) is 7.27. The van der Waals surface area contributed by atoms with Gasteiger partial charge in [0.1, 0.15) is 0 Å². The summed E-state index contributed by atoms with van der Waals surface area (Å²) in [4.78, 5) is 2.44. The normalized spacial score (nSPS) is 22.6. The van der Waals surface area contributed by atoms with Crippen molar-refractivity contribution in [2.75, 3.05) is 26.2 Å². The molecule has 0 aromatic heterocycles. The highest BCUT2D eigenvalue weighted by molar-refractivity contribution is 4.79. The first-order valence-corrected chi connectivity index (χ1v) is 7.27. The molecular weight excluding hydrogens is 212 g/mol. The lowest BCUT2D eigenvalue weighted by molar-refractivity contribution is 0.0722. The van der Waals surface area contributed by atoms with Crippen LogP contribution in [0.4, 0.5) is 0 Å². The molecule has 2 unspecified atom stereocenters. The molecule has 0 aliphatic carbocycles. The minimum atomic E-state index is -0.187. The fraction of sp³-hybridized carbons (Fsp3) is 1.00. The SMILES string of the molecule is CCCCN(CC1CCCN1)CC(O)C(C)C. The first kappa shape index (κ1) is 14.9. The van der Waals surface area contributed by atoms with Gasteiger partial charge in [-0.2, -0.15) is 0 Å². The standard InChI is InChI=1S/C14H30N2O/c1-4-5-9-16(11-14(17)12(2)3)10-13-7-6-8-15-13/h12-15,17H,4-11H2,1-3H3. The molecule has 0 radical (unpaired) electrons. The van der Waals surface area contributed by atoms with Crippen molar-refractivity contribution >= 4 is 0 Å². The highest BCUT2D eigenvalue weighted by atomic mass is 16.3. The van der Waals surface area contributed by atoms with Gasteiger partial charge in [-0.15, -0.1) is 0 Å². The zero-order chi connectivity index (χ0) is 12.7. The van der Waals surface area contributed by atoms with Gasteiger partial charge in [0, 0.05) is 19.1 Å². The molecule has 3 heteroatoms. The molecule has 0 saturated carbocycles. The molecule has 0 aromatic rings. The Balaban J connectivity index is 2.35. The number of rotatable bonds is 8. The molecule has 0 bridgehead atoms. The van der Waals surface area contributed by atoms with Gasteiger partial charge in [-0.25, -0.2) is 0 Å². The van der Waals surface area contributed by atoms with Crippen LogP contribution in [-0.4, -0.2) is 48.3 Å². The summed E-state index contributed by atoms with van der Waals surface area (Å²) in [5.74, 6) is 0.357. The van der Waals surface area contributed by atoms with Crippen molar-refractivity contribution < 1.29 is 5.11 Å². The molecular formula is C14H30N2O. The van der Waals surface area contributed by atoms with Crippen LogP contribution < -0.4 is 5.32 Å². The van der Waals surface area contributed by atoms with Crippen LogP contribution in [0.1, 0.15) is 46.5 Å². The number of hydrogen-bond donors (Lipinski definition) is 2. The molecule has 1 fully saturated rings. The summed E-state index contributed by atoms with van der Waals surface area (Å²) in [5, 5.41) is 13.6. The highest BCUT2D eigenvalue weighted by Gasteiger charge is 2.20. The summed E-state index contributed by atoms with van der Waals surface area (Å²) in [6.07, 6.45) is 4.87. The van der Waals surface area contributed by atoms with Crippen LogP contribution in [0.25, 0.3) is 0 Å². The molecule has 1 saturated heterocycles. The Labute approximate surface area is 107 Å². The minimum Gasteiger partial charge on any atom is -0.392 e. The molecule has 3 nitrogen and oxygen atoms in total. The summed E-state index contributed by atoms with van der Waals surface area (Å²) < 4.78 is 0. The average Bonchev–Trinajstić information content (AvgIpc) is 2.78. The smallest absolute Gasteiger partial charge is 0.0689 e. The molecule has 2 atom stereocenters. The second-order valence-corrected chi connectivity index (χ2v) is 5.72. The van der Waals surface area contributed by atoms with Crippen LogP contribution in [-0.2, 0) is 0 Å². The van der Waals surface area contributed by atoms with E-state index in [-0.39, 0.29) is 6.10 Å². The Hall–Kier alpha value is -0.120. The fourth-order valence-electron chi connectivity index (χ4n) is 2.34. The Kier molecular flexibility index (Phi) is 7.09. The third kappa shape index (κ3) is 5.84. The third-order valence-electron chi connectivity index (χ3n) is 3.68. The zero-order valence-electron chi connectivity index (χ0n) is 11.8. The van der Waals surface area contributed by atoms with Gasteiger partial charge in [-0.3, -0.25) is 4.90 Å². The molecule has 102 valence electrons. The molecule has 0 aromatic carbocycles. The van der Waals surface area contributed by atoms with Crippen LogP contribution in [0.15, 0.2) is 0 Å². The van der Waals surface area contributed by atoms with Crippen molar-refractivity contribution in [3.05, 3.63) is 0 Å². The number of unbranched alkanes of at least 4 members (excludes halogenated alkanes) is 1. The third-order valence-corrected chi connectivity index (χ3v) is 3.68. The first-order chi connectivity index (χ1) is 8.13. The van der Waals surface area contributed by atoms with E-state index in [1.54, 1.807) is 0 Å². The second kappa shape index (κ2) is 8.06. The van der Waals surface area contributed by atoms with Gasteiger partial charge in [0.15, 0.2) is 0 Å².